The Balaban J connectivity index is 2.07. The third kappa shape index (κ3) is 4.20. The third-order valence-corrected chi connectivity index (χ3v) is 2.82. The van der Waals surface area contributed by atoms with Crippen LogP contribution >= 0.6 is 0 Å². The molecular weight excluding hydrogens is 290 g/mol. The van der Waals surface area contributed by atoms with Crippen LogP contribution < -0.4 is 5.32 Å². The minimum atomic E-state index is -0.232. The number of anilines is 1. The lowest BCUT2D eigenvalue weighted by molar-refractivity contribution is -0.114. The first-order chi connectivity index (χ1) is 10.6. The number of fused-ring (bicyclic) bond motifs is 1. The molecule has 0 saturated carbocycles. The van der Waals surface area contributed by atoms with Crippen molar-refractivity contribution in [2.75, 3.05) is 32.8 Å². The van der Waals surface area contributed by atoms with E-state index in [4.69, 9.17) is 14.2 Å². The largest absolute Gasteiger partial charge is 0.382 e. The summed E-state index contributed by atoms with van der Waals surface area (Å²) < 4.78 is 17.6. The molecule has 9 heteroatoms. The summed E-state index contributed by atoms with van der Waals surface area (Å²) in [6, 6.07) is 0. The molecule has 9 nitrogen and oxygen atoms in total. The first-order valence-corrected chi connectivity index (χ1v) is 6.69. The van der Waals surface area contributed by atoms with Gasteiger partial charge in [0.2, 0.25) is 11.9 Å². The monoisotopic (exact) mass is 309 g/mol. The highest BCUT2D eigenvalue weighted by molar-refractivity contribution is 5.87. The molecule has 22 heavy (non-hydrogen) atoms. The molecule has 2 rings (SSSR count). The molecule has 0 atom stereocenters. The van der Waals surface area contributed by atoms with Crippen LogP contribution in [-0.2, 0) is 25.7 Å². The van der Waals surface area contributed by atoms with Gasteiger partial charge in [-0.3, -0.25) is 10.1 Å². The van der Waals surface area contributed by atoms with E-state index in [9.17, 15) is 4.79 Å². The number of rotatable bonds is 8. The normalized spacial score (nSPS) is 11.3. The van der Waals surface area contributed by atoms with Crippen molar-refractivity contribution in [2.45, 2.75) is 19.8 Å². The molecular formula is C13H19N5O4. The molecule has 0 saturated heterocycles. The van der Waals surface area contributed by atoms with Crippen LogP contribution in [0.25, 0.3) is 11.2 Å². The highest BCUT2D eigenvalue weighted by Crippen LogP contribution is 2.12. The second-order valence-corrected chi connectivity index (χ2v) is 4.63. The Hall–Kier alpha value is -2.10. The standard InChI is InChI=1S/C13H19N5O4/c1-9(19)16-13-14-4-11-12(17-13)15-7-18(11)8-22-10(5-20-2)6-21-3/h4,7,10H,5-6,8H2,1-3H3,(H,14,16,17,19). The number of methoxy groups -OCH3 is 2. The minimum absolute atomic E-state index is 0.174. The second kappa shape index (κ2) is 7.78. The molecule has 0 aliphatic rings. The molecule has 0 spiro atoms. The maximum Gasteiger partial charge on any atom is 0.231 e. The summed E-state index contributed by atoms with van der Waals surface area (Å²) in [5.41, 5.74) is 1.19. The van der Waals surface area contributed by atoms with E-state index in [-0.39, 0.29) is 24.7 Å². The number of imidazole rings is 1. The van der Waals surface area contributed by atoms with E-state index in [1.165, 1.54) is 6.92 Å². The van der Waals surface area contributed by atoms with Gasteiger partial charge in [0.15, 0.2) is 5.65 Å². The molecule has 120 valence electrons. The van der Waals surface area contributed by atoms with Crippen LogP contribution in [0, 0.1) is 0 Å². The molecule has 1 N–H and O–H groups in total. The fraction of sp³-hybridized carbons (Fsp3) is 0.538. The Kier molecular flexibility index (Phi) is 5.75. The van der Waals surface area contributed by atoms with Gasteiger partial charge in [-0.15, -0.1) is 0 Å². The van der Waals surface area contributed by atoms with Crippen molar-refractivity contribution in [2.24, 2.45) is 0 Å². The number of carbonyl (C=O) groups is 1. The second-order valence-electron chi connectivity index (χ2n) is 4.63. The van der Waals surface area contributed by atoms with Crippen LogP contribution in [0.1, 0.15) is 6.92 Å². The number of carbonyl (C=O) groups excluding carboxylic acids is 1. The number of nitrogens with one attached hydrogen (secondary N) is 1. The van der Waals surface area contributed by atoms with Gasteiger partial charge in [-0.1, -0.05) is 0 Å². The van der Waals surface area contributed by atoms with Crippen molar-refractivity contribution in [3.8, 4) is 0 Å². The zero-order chi connectivity index (χ0) is 15.9. The summed E-state index contributed by atoms with van der Waals surface area (Å²) in [6.07, 6.45) is 3.02. The summed E-state index contributed by atoms with van der Waals surface area (Å²) in [5.74, 6) is -0.00750. The Bertz CT molecular complexity index is 624. The van der Waals surface area contributed by atoms with Crippen molar-refractivity contribution in [3.63, 3.8) is 0 Å². The molecule has 0 aliphatic heterocycles. The predicted octanol–water partition coefficient (Wildman–Crippen LogP) is 0.420. The van der Waals surface area contributed by atoms with Crippen LogP contribution in [-0.4, -0.2) is 59.0 Å². The summed E-state index contributed by atoms with van der Waals surface area (Å²) >= 11 is 0. The van der Waals surface area contributed by atoms with Gasteiger partial charge in [0.25, 0.3) is 0 Å². The van der Waals surface area contributed by atoms with Crippen molar-refractivity contribution in [1.29, 1.82) is 0 Å². The topological polar surface area (TPSA) is 100 Å². The summed E-state index contributed by atoms with van der Waals surface area (Å²) in [6.45, 7) is 2.54. The van der Waals surface area contributed by atoms with Gasteiger partial charge in [-0.25, -0.2) is 9.97 Å². The molecule has 0 aromatic carbocycles. The molecule has 0 aliphatic carbocycles. The van der Waals surface area contributed by atoms with E-state index in [0.29, 0.717) is 24.4 Å². The Morgan fingerprint density at radius 1 is 1.32 bits per heavy atom. The lowest BCUT2D eigenvalue weighted by Crippen LogP contribution is -2.25. The van der Waals surface area contributed by atoms with Crippen molar-refractivity contribution in [3.05, 3.63) is 12.5 Å². The first kappa shape index (κ1) is 16.3. The third-order valence-electron chi connectivity index (χ3n) is 2.82. The lowest BCUT2D eigenvalue weighted by Gasteiger charge is -2.16. The average molecular weight is 309 g/mol. The minimum Gasteiger partial charge on any atom is -0.382 e. The van der Waals surface area contributed by atoms with E-state index in [2.05, 4.69) is 20.3 Å². The summed E-state index contributed by atoms with van der Waals surface area (Å²) in [5, 5.41) is 2.52. The molecule has 0 fully saturated rings. The number of ether oxygens (including phenoxy) is 3. The van der Waals surface area contributed by atoms with Crippen LogP contribution in [0.3, 0.4) is 0 Å². The smallest absolute Gasteiger partial charge is 0.231 e. The van der Waals surface area contributed by atoms with Gasteiger partial charge in [0, 0.05) is 21.1 Å². The molecule has 2 heterocycles. The molecule has 0 bridgehead atoms. The van der Waals surface area contributed by atoms with Gasteiger partial charge in [0.1, 0.15) is 18.4 Å². The van der Waals surface area contributed by atoms with Crippen molar-refractivity contribution in [1.82, 2.24) is 19.5 Å². The predicted molar refractivity (Wildman–Crippen MR) is 78.3 cm³/mol. The van der Waals surface area contributed by atoms with Gasteiger partial charge < -0.3 is 18.8 Å². The average Bonchev–Trinajstić information content (AvgIpc) is 2.87. The van der Waals surface area contributed by atoms with E-state index < -0.39 is 0 Å². The Morgan fingerprint density at radius 2 is 2.05 bits per heavy atom. The lowest BCUT2D eigenvalue weighted by atomic mass is 10.4. The fourth-order valence-corrected chi connectivity index (χ4v) is 1.87. The van der Waals surface area contributed by atoms with E-state index >= 15 is 0 Å². The van der Waals surface area contributed by atoms with Gasteiger partial charge >= 0.3 is 0 Å². The Labute approximate surface area is 127 Å². The van der Waals surface area contributed by atoms with Gasteiger partial charge in [0.05, 0.1) is 25.7 Å². The van der Waals surface area contributed by atoms with E-state index in [1.807, 2.05) is 0 Å². The molecule has 0 radical (unpaired) electrons. The highest BCUT2D eigenvalue weighted by atomic mass is 16.6. The van der Waals surface area contributed by atoms with E-state index in [1.54, 1.807) is 31.3 Å². The maximum absolute atomic E-state index is 11.0. The van der Waals surface area contributed by atoms with Crippen molar-refractivity contribution < 1.29 is 19.0 Å². The van der Waals surface area contributed by atoms with Crippen molar-refractivity contribution >= 4 is 23.0 Å². The SMILES string of the molecule is COCC(COC)OCn1cnc2nc(NC(C)=O)ncc21. The molecule has 1 amide bonds. The number of hydrogen-bond donors (Lipinski definition) is 1. The molecule has 2 aromatic heterocycles. The van der Waals surface area contributed by atoms with Gasteiger partial charge in [-0.2, -0.15) is 4.98 Å². The number of hydrogen-bond acceptors (Lipinski definition) is 7. The molecule has 2 aromatic rings. The van der Waals surface area contributed by atoms with Crippen LogP contribution in [0.4, 0.5) is 5.95 Å². The highest BCUT2D eigenvalue weighted by Gasteiger charge is 2.11. The van der Waals surface area contributed by atoms with Crippen LogP contribution in [0.5, 0.6) is 0 Å². The fourth-order valence-electron chi connectivity index (χ4n) is 1.87. The number of nitrogens with zero attached hydrogens (tertiary/aromatic N) is 4. The summed E-state index contributed by atoms with van der Waals surface area (Å²) in [4.78, 5) is 23.4. The van der Waals surface area contributed by atoms with Gasteiger partial charge in [-0.05, 0) is 0 Å². The number of aromatic nitrogens is 4. The zero-order valence-electron chi connectivity index (χ0n) is 12.8. The zero-order valence-corrected chi connectivity index (χ0v) is 12.8. The molecule has 0 unspecified atom stereocenters. The Morgan fingerprint density at radius 3 is 2.68 bits per heavy atom. The quantitative estimate of drug-likeness (QED) is 0.754. The van der Waals surface area contributed by atoms with Crippen LogP contribution in [0.2, 0.25) is 0 Å². The number of amides is 1. The summed E-state index contributed by atoms with van der Waals surface area (Å²) in [7, 11) is 3.21. The first-order valence-electron chi connectivity index (χ1n) is 6.69. The maximum atomic E-state index is 11.0. The van der Waals surface area contributed by atoms with Crippen LogP contribution in [0.15, 0.2) is 12.5 Å². The van der Waals surface area contributed by atoms with E-state index in [0.717, 1.165) is 0 Å².